The molecule has 0 atom stereocenters. The third kappa shape index (κ3) is 4.83. The summed E-state index contributed by atoms with van der Waals surface area (Å²) in [6, 6.07) is 0. The number of nitrogens with zero attached hydrogens (tertiary/aromatic N) is 1. The van der Waals surface area contributed by atoms with E-state index < -0.39 is 5.54 Å². The highest BCUT2D eigenvalue weighted by atomic mass is 32.1. The molecule has 0 fully saturated rings. The first-order valence-corrected chi connectivity index (χ1v) is 6.44. The van der Waals surface area contributed by atoms with Crippen LogP contribution in [0.25, 0.3) is 0 Å². The van der Waals surface area contributed by atoms with Gasteiger partial charge >= 0.3 is 0 Å². The molecule has 0 spiro atoms. The van der Waals surface area contributed by atoms with Crippen LogP contribution < -0.4 is 5.32 Å². The zero-order valence-corrected chi connectivity index (χ0v) is 11.9. The van der Waals surface area contributed by atoms with Crippen LogP contribution in [0.1, 0.15) is 39.6 Å². The Labute approximate surface area is 106 Å². The molecule has 1 rings (SSSR count). The summed E-state index contributed by atoms with van der Waals surface area (Å²) < 4.78 is 5.43. The molecule has 1 heterocycles. The summed E-state index contributed by atoms with van der Waals surface area (Å²) in [6.07, 6.45) is 1.74. The van der Waals surface area contributed by atoms with Gasteiger partial charge in [0.15, 0.2) is 0 Å². The fourth-order valence-electron chi connectivity index (χ4n) is 1.25. The number of hydrogen-bond acceptors (Lipinski definition) is 4. The zero-order valence-electron chi connectivity index (χ0n) is 11.0. The molecule has 0 aromatic carbocycles. The summed E-state index contributed by atoms with van der Waals surface area (Å²) in [5.41, 5.74) is -0.755. The van der Waals surface area contributed by atoms with Gasteiger partial charge in [-0.3, -0.25) is 4.79 Å². The van der Waals surface area contributed by atoms with Crippen molar-refractivity contribution in [2.75, 3.05) is 6.61 Å². The van der Waals surface area contributed by atoms with Gasteiger partial charge in [0, 0.05) is 11.6 Å². The van der Waals surface area contributed by atoms with E-state index in [-0.39, 0.29) is 18.1 Å². The summed E-state index contributed by atoms with van der Waals surface area (Å²) in [4.78, 5) is 16.0. The number of carbonyl (C=O) groups excluding carboxylic acids is 1. The average molecular weight is 256 g/mol. The van der Waals surface area contributed by atoms with E-state index in [0.717, 1.165) is 5.01 Å². The van der Waals surface area contributed by atoms with Crippen molar-refractivity contribution >= 4 is 17.2 Å². The van der Waals surface area contributed by atoms with Crippen LogP contribution in [0.4, 0.5) is 0 Å². The molecule has 1 aromatic rings. The van der Waals surface area contributed by atoms with E-state index >= 15 is 0 Å². The number of amides is 1. The van der Waals surface area contributed by atoms with Crippen molar-refractivity contribution in [1.82, 2.24) is 10.3 Å². The fourth-order valence-corrected chi connectivity index (χ4v) is 1.97. The molecular weight excluding hydrogens is 236 g/mol. The molecule has 96 valence electrons. The van der Waals surface area contributed by atoms with Crippen molar-refractivity contribution in [2.45, 2.75) is 45.8 Å². The molecule has 0 aliphatic rings. The number of thiazole rings is 1. The quantitative estimate of drug-likeness (QED) is 0.899. The van der Waals surface area contributed by atoms with Crippen molar-refractivity contribution in [1.29, 1.82) is 0 Å². The van der Waals surface area contributed by atoms with Gasteiger partial charge in [0.25, 0.3) is 0 Å². The van der Waals surface area contributed by atoms with Gasteiger partial charge in [-0.05, 0) is 34.6 Å². The summed E-state index contributed by atoms with van der Waals surface area (Å²) in [5.74, 6) is -0.125. The summed E-state index contributed by atoms with van der Waals surface area (Å²) in [7, 11) is 0. The minimum absolute atomic E-state index is 0.0678. The lowest BCUT2D eigenvalue weighted by Gasteiger charge is -2.25. The minimum atomic E-state index is -0.452. The molecule has 0 unspecified atom stereocenters. The van der Waals surface area contributed by atoms with Gasteiger partial charge in [-0.15, -0.1) is 11.3 Å². The molecule has 0 radical (unpaired) electrons. The SMILES string of the molecule is CC(C)(C)OCC(=O)NC(C)(C)c1nccs1. The summed E-state index contributed by atoms with van der Waals surface area (Å²) in [6.45, 7) is 9.70. The number of rotatable bonds is 4. The highest BCUT2D eigenvalue weighted by Crippen LogP contribution is 2.21. The van der Waals surface area contributed by atoms with Crippen LogP contribution in [0.2, 0.25) is 0 Å². The maximum atomic E-state index is 11.7. The standard InChI is InChI=1S/C12H20N2O2S/c1-11(2,3)16-8-9(15)14-12(4,5)10-13-6-7-17-10/h6-7H,8H2,1-5H3,(H,14,15). The van der Waals surface area contributed by atoms with E-state index in [1.54, 1.807) is 6.20 Å². The summed E-state index contributed by atoms with van der Waals surface area (Å²) >= 11 is 1.53. The Morgan fingerprint density at radius 3 is 2.53 bits per heavy atom. The Hall–Kier alpha value is -0.940. The second kappa shape index (κ2) is 5.14. The molecule has 0 saturated heterocycles. The fraction of sp³-hybridized carbons (Fsp3) is 0.667. The lowest BCUT2D eigenvalue weighted by Crippen LogP contribution is -2.43. The summed E-state index contributed by atoms with van der Waals surface area (Å²) in [5, 5.41) is 5.70. The van der Waals surface area contributed by atoms with Crippen molar-refractivity contribution in [3.05, 3.63) is 16.6 Å². The van der Waals surface area contributed by atoms with Crippen LogP contribution in [0.15, 0.2) is 11.6 Å². The average Bonchev–Trinajstić information content (AvgIpc) is 2.66. The molecule has 0 aliphatic carbocycles. The van der Waals surface area contributed by atoms with Crippen molar-refractivity contribution in [2.24, 2.45) is 0 Å². The first-order valence-electron chi connectivity index (χ1n) is 5.56. The minimum Gasteiger partial charge on any atom is -0.366 e. The van der Waals surface area contributed by atoms with Crippen LogP contribution >= 0.6 is 11.3 Å². The van der Waals surface area contributed by atoms with E-state index in [1.165, 1.54) is 11.3 Å². The predicted octanol–water partition coefficient (Wildman–Crippen LogP) is 2.31. The van der Waals surface area contributed by atoms with Crippen LogP contribution in [0, 0.1) is 0 Å². The lowest BCUT2D eigenvalue weighted by atomic mass is 10.1. The second-order valence-corrected chi connectivity index (χ2v) is 6.31. The number of nitrogens with one attached hydrogen (secondary N) is 1. The van der Waals surface area contributed by atoms with Gasteiger partial charge in [0.05, 0.1) is 11.1 Å². The Morgan fingerprint density at radius 2 is 2.06 bits per heavy atom. The predicted molar refractivity (Wildman–Crippen MR) is 69.0 cm³/mol. The number of aromatic nitrogens is 1. The normalized spacial score (nSPS) is 12.5. The Morgan fingerprint density at radius 1 is 1.41 bits per heavy atom. The highest BCUT2D eigenvalue weighted by Gasteiger charge is 2.26. The zero-order chi connectivity index (χ0) is 13.1. The third-order valence-corrected chi connectivity index (χ3v) is 3.15. The molecule has 1 N–H and O–H groups in total. The molecule has 0 aliphatic heterocycles. The molecule has 0 saturated carbocycles. The van der Waals surface area contributed by atoms with Crippen LogP contribution in [-0.4, -0.2) is 23.1 Å². The lowest BCUT2D eigenvalue weighted by molar-refractivity contribution is -0.132. The number of ether oxygens (including phenoxy) is 1. The van der Waals surface area contributed by atoms with Crippen LogP contribution in [-0.2, 0) is 15.1 Å². The third-order valence-electron chi connectivity index (χ3n) is 2.06. The van der Waals surface area contributed by atoms with Gasteiger partial charge < -0.3 is 10.1 Å². The second-order valence-electron chi connectivity index (χ2n) is 5.41. The largest absolute Gasteiger partial charge is 0.366 e. The van der Waals surface area contributed by atoms with Gasteiger partial charge in [-0.1, -0.05) is 0 Å². The van der Waals surface area contributed by atoms with E-state index in [9.17, 15) is 4.79 Å². The Balaban J connectivity index is 2.51. The highest BCUT2D eigenvalue weighted by molar-refractivity contribution is 7.09. The smallest absolute Gasteiger partial charge is 0.246 e. The van der Waals surface area contributed by atoms with Crippen molar-refractivity contribution < 1.29 is 9.53 Å². The van der Waals surface area contributed by atoms with E-state index in [0.29, 0.717) is 0 Å². The monoisotopic (exact) mass is 256 g/mol. The van der Waals surface area contributed by atoms with Gasteiger partial charge in [0.2, 0.25) is 5.91 Å². The van der Waals surface area contributed by atoms with Gasteiger partial charge in [-0.25, -0.2) is 4.98 Å². The molecule has 5 heteroatoms. The van der Waals surface area contributed by atoms with Crippen molar-refractivity contribution in [3.63, 3.8) is 0 Å². The first kappa shape index (κ1) is 14.1. The molecule has 1 amide bonds. The van der Waals surface area contributed by atoms with E-state index in [4.69, 9.17) is 4.74 Å². The molecule has 0 bridgehead atoms. The van der Waals surface area contributed by atoms with Gasteiger partial charge in [-0.2, -0.15) is 0 Å². The van der Waals surface area contributed by atoms with Crippen molar-refractivity contribution in [3.8, 4) is 0 Å². The maximum absolute atomic E-state index is 11.7. The van der Waals surface area contributed by atoms with Crippen LogP contribution in [0.3, 0.4) is 0 Å². The Bertz CT molecular complexity index is 366. The maximum Gasteiger partial charge on any atom is 0.246 e. The molecule has 17 heavy (non-hydrogen) atoms. The van der Waals surface area contributed by atoms with Gasteiger partial charge in [0.1, 0.15) is 11.6 Å². The van der Waals surface area contributed by atoms with E-state index in [2.05, 4.69) is 10.3 Å². The molecule has 4 nitrogen and oxygen atoms in total. The number of hydrogen-bond donors (Lipinski definition) is 1. The van der Waals surface area contributed by atoms with Crippen LogP contribution in [0.5, 0.6) is 0 Å². The topological polar surface area (TPSA) is 51.2 Å². The first-order chi connectivity index (χ1) is 7.71. The number of carbonyl (C=O) groups is 1. The molecule has 1 aromatic heterocycles. The Kier molecular flexibility index (Phi) is 4.27. The van der Waals surface area contributed by atoms with E-state index in [1.807, 2.05) is 40.0 Å². The molecular formula is C12H20N2O2S.